The molecule has 0 heterocycles. The highest BCUT2D eigenvalue weighted by atomic mass is 19.4. The van der Waals surface area contributed by atoms with Gasteiger partial charge in [-0.1, -0.05) is 70.8 Å². The van der Waals surface area contributed by atoms with Crippen LogP contribution in [-0.4, -0.2) is 24.9 Å². The van der Waals surface area contributed by atoms with Crippen LogP contribution in [0.5, 0.6) is 0 Å². The van der Waals surface area contributed by atoms with Crippen molar-refractivity contribution in [3.8, 4) is 0 Å². The van der Waals surface area contributed by atoms with Gasteiger partial charge in [0.1, 0.15) is 0 Å². The highest BCUT2D eigenvalue weighted by Gasteiger charge is 2.46. The Bertz CT molecular complexity index is 662. The van der Waals surface area contributed by atoms with E-state index in [1.54, 1.807) is 0 Å². The Morgan fingerprint density at radius 3 is 2.00 bits per heavy atom. The minimum Gasteiger partial charge on any atom is -0.308 e. The lowest BCUT2D eigenvalue weighted by molar-refractivity contribution is -0.135. The first kappa shape index (κ1) is 29.5. The van der Waals surface area contributed by atoms with E-state index in [0.717, 1.165) is 50.3 Å². The number of rotatable bonds is 17. The van der Waals surface area contributed by atoms with E-state index in [0.29, 0.717) is 11.3 Å². The quantitative estimate of drug-likeness (QED) is 0.120. The largest absolute Gasteiger partial charge is 0.389 e. The average Bonchev–Trinajstić information content (AvgIpc) is 2.74. The molecule has 33 heavy (non-hydrogen) atoms. The fraction of sp³-hybridized carbons (Fsp3) is 0.750. The number of hydrogen-bond donors (Lipinski definition) is 0. The van der Waals surface area contributed by atoms with Gasteiger partial charge in [0.05, 0.1) is 5.69 Å². The smallest absolute Gasteiger partial charge is 0.308 e. The molecule has 0 N–H and O–H groups in total. The number of anilines is 1. The van der Waals surface area contributed by atoms with Crippen LogP contribution in [0.2, 0.25) is 0 Å². The molecule has 0 spiro atoms. The molecule has 0 bridgehead atoms. The van der Waals surface area contributed by atoms with Gasteiger partial charge in [-0.05, 0) is 31.4 Å². The summed E-state index contributed by atoms with van der Waals surface area (Å²) in [7, 11) is 0. The maximum absolute atomic E-state index is 15.0. The zero-order chi connectivity index (χ0) is 24.9. The van der Waals surface area contributed by atoms with Gasteiger partial charge in [-0.2, -0.15) is 22.0 Å². The van der Waals surface area contributed by atoms with Crippen LogP contribution in [0, 0.1) is 11.6 Å². The summed E-state index contributed by atoms with van der Waals surface area (Å²) in [5.41, 5.74) is -0.696. The van der Waals surface area contributed by atoms with Gasteiger partial charge in [0.25, 0.3) is 0 Å². The van der Waals surface area contributed by atoms with Crippen molar-refractivity contribution in [2.75, 3.05) is 11.4 Å². The molecule has 9 heteroatoms. The number of alkyl halides is 6. The second-order valence-electron chi connectivity index (χ2n) is 8.47. The van der Waals surface area contributed by atoms with E-state index >= 15 is 0 Å². The van der Waals surface area contributed by atoms with Crippen LogP contribution in [0.25, 0.3) is 0 Å². The van der Waals surface area contributed by atoms with Gasteiger partial charge >= 0.3 is 12.2 Å². The van der Waals surface area contributed by atoms with Gasteiger partial charge in [-0.25, -0.2) is 13.2 Å². The molecule has 0 radical (unpaired) electrons. The molecule has 1 atom stereocenters. The van der Waals surface area contributed by atoms with Crippen LogP contribution >= 0.6 is 0 Å². The zero-order valence-electron chi connectivity index (χ0n) is 19.2. The summed E-state index contributed by atoms with van der Waals surface area (Å²) in [6.45, 7) is 1.73. The highest BCUT2D eigenvalue weighted by Crippen LogP contribution is 2.36. The Morgan fingerprint density at radius 2 is 1.36 bits per heavy atom. The van der Waals surface area contributed by atoms with E-state index in [1.807, 2.05) is 0 Å². The minimum atomic E-state index is -4.28. The van der Waals surface area contributed by atoms with Crippen molar-refractivity contribution in [1.82, 2.24) is 0 Å². The van der Waals surface area contributed by atoms with Crippen molar-refractivity contribution in [3.05, 3.63) is 29.8 Å². The highest BCUT2D eigenvalue weighted by molar-refractivity contribution is 5.49. The molecular formula is C24H35F8N. The third-order valence-corrected chi connectivity index (χ3v) is 5.61. The van der Waals surface area contributed by atoms with Gasteiger partial charge in [0.15, 0.2) is 17.8 Å². The first-order chi connectivity index (χ1) is 15.5. The van der Waals surface area contributed by atoms with Crippen molar-refractivity contribution < 1.29 is 35.1 Å². The number of benzene rings is 1. The standard InChI is InChI=1S/C24H35F8N/c1-2-3-4-5-6-9-12-18-33(20-15-13-14-19(25)22(20)27)24(31,32)21(26)16-10-7-8-11-17-23(28,29)30/h13-15,21H,2-12,16-18H2,1H3. The Balaban J connectivity index is 2.72. The molecule has 1 rings (SSSR count). The molecule has 1 aromatic rings. The van der Waals surface area contributed by atoms with Crippen LogP contribution in [0.3, 0.4) is 0 Å². The minimum absolute atomic E-state index is 0.0223. The molecule has 0 saturated heterocycles. The first-order valence-electron chi connectivity index (χ1n) is 11.8. The Labute approximate surface area is 191 Å². The molecule has 1 nitrogen and oxygen atoms in total. The van der Waals surface area contributed by atoms with Crippen LogP contribution in [0.1, 0.15) is 90.4 Å². The molecule has 1 unspecified atom stereocenters. The van der Waals surface area contributed by atoms with E-state index in [-0.39, 0.29) is 38.6 Å². The normalized spacial score (nSPS) is 13.4. The lowest BCUT2D eigenvalue weighted by Gasteiger charge is -2.35. The summed E-state index contributed by atoms with van der Waals surface area (Å²) in [6.07, 6.45) is -2.52. The number of hydrogen-bond acceptors (Lipinski definition) is 1. The van der Waals surface area contributed by atoms with E-state index in [4.69, 9.17) is 0 Å². The summed E-state index contributed by atoms with van der Waals surface area (Å²) >= 11 is 0. The predicted molar refractivity (Wildman–Crippen MR) is 115 cm³/mol. The third kappa shape index (κ3) is 11.0. The summed E-state index contributed by atoms with van der Waals surface area (Å²) in [5.74, 6) is -2.76. The maximum atomic E-state index is 15.0. The Kier molecular flexibility index (Phi) is 13.1. The van der Waals surface area contributed by atoms with Gasteiger partial charge < -0.3 is 4.90 Å². The molecule has 0 fully saturated rings. The van der Waals surface area contributed by atoms with Gasteiger partial charge in [-0.3, -0.25) is 0 Å². The summed E-state index contributed by atoms with van der Waals surface area (Å²) in [5, 5.41) is 0. The second-order valence-corrected chi connectivity index (χ2v) is 8.47. The zero-order valence-corrected chi connectivity index (χ0v) is 19.2. The van der Waals surface area contributed by atoms with Crippen LogP contribution < -0.4 is 4.90 Å². The number of unbranched alkanes of at least 4 members (excludes halogenated alkanes) is 9. The molecule has 192 valence electrons. The first-order valence-corrected chi connectivity index (χ1v) is 11.8. The second kappa shape index (κ2) is 14.7. The SMILES string of the molecule is CCCCCCCCCN(c1cccc(F)c1F)C(F)(F)C(F)CCCCCCC(F)(F)F. The van der Waals surface area contributed by atoms with Crippen molar-refractivity contribution in [1.29, 1.82) is 0 Å². The van der Waals surface area contributed by atoms with Crippen LogP contribution in [0.4, 0.5) is 40.8 Å². The fourth-order valence-corrected chi connectivity index (χ4v) is 3.70. The fourth-order valence-electron chi connectivity index (χ4n) is 3.70. The number of nitrogens with zero attached hydrogens (tertiary/aromatic N) is 1. The summed E-state index contributed by atoms with van der Waals surface area (Å²) in [6, 6.07) is -1.19. The molecule has 0 aromatic heterocycles. The van der Waals surface area contributed by atoms with E-state index in [2.05, 4.69) is 6.92 Å². The van der Waals surface area contributed by atoms with Crippen LogP contribution in [-0.2, 0) is 0 Å². The summed E-state index contributed by atoms with van der Waals surface area (Å²) < 4.78 is 109. The molecule has 0 aliphatic heterocycles. The monoisotopic (exact) mass is 489 g/mol. The van der Waals surface area contributed by atoms with E-state index < -0.39 is 48.6 Å². The van der Waals surface area contributed by atoms with Gasteiger partial charge in [0, 0.05) is 13.0 Å². The van der Waals surface area contributed by atoms with E-state index in [9.17, 15) is 35.1 Å². The third-order valence-electron chi connectivity index (χ3n) is 5.61. The molecule has 0 aliphatic carbocycles. The van der Waals surface area contributed by atoms with Crippen LogP contribution in [0.15, 0.2) is 18.2 Å². The van der Waals surface area contributed by atoms with Crippen molar-refractivity contribution >= 4 is 5.69 Å². The number of halogens is 8. The van der Waals surface area contributed by atoms with Crippen molar-refractivity contribution in [2.45, 2.75) is 109 Å². The summed E-state index contributed by atoms with van der Waals surface area (Å²) in [4.78, 5) is 0.297. The van der Waals surface area contributed by atoms with Gasteiger partial charge in [0.2, 0.25) is 0 Å². The maximum Gasteiger partial charge on any atom is 0.389 e. The molecule has 0 amide bonds. The molecular weight excluding hydrogens is 454 g/mol. The molecule has 0 aliphatic rings. The van der Waals surface area contributed by atoms with Crippen molar-refractivity contribution in [2.24, 2.45) is 0 Å². The lowest BCUT2D eigenvalue weighted by atomic mass is 10.1. The topological polar surface area (TPSA) is 3.24 Å². The van der Waals surface area contributed by atoms with Crippen molar-refractivity contribution in [3.63, 3.8) is 0 Å². The molecule has 0 saturated carbocycles. The predicted octanol–water partition coefficient (Wildman–Crippen LogP) is 9.36. The van der Waals surface area contributed by atoms with E-state index in [1.165, 1.54) is 0 Å². The molecule has 1 aromatic carbocycles. The lowest BCUT2D eigenvalue weighted by Crippen LogP contribution is -2.50. The Morgan fingerprint density at radius 1 is 0.788 bits per heavy atom. The Hall–Kier alpha value is -1.54. The average molecular weight is 490 g/mol. The van der Waals surface area contributed by atoms with Gasteiger partial charge in [-0.15, -0.1) is 0 Å².